The number of nitrogens with one attached hydrogen (secondary N) is 1. The molecule has 1 aliphatic rings. The summed E-state index contributed by atoms with van der Waals surface area (Å²) in [5.74, 6) is 2.34. The molecule has 1 aromatic carbocycles. The molecule has 1 amide bonds. The Morgan fingerprint density at radius 2 is 1.85 bits per heavy atom. The minimum absolute atomic E-state index is 0.0163. The first kappa shape index (κ1) is 22.8. The average molecular weight is 495 g/mol. The molecule has 0 unspecified atom stereocenters. The van der Waals surface area contributed by atoms with Crippen LogP contribution in [0.5, 0.6) is 0 Å². The topological polar surface area (TPSA) is 95.1 Å². The van der Waals surface area contributed by atoms with Crippen LogP contribution in [0.3, 0.4) is 0 Å². The maximum absolute atomic E-state index is 13.5. The SMILES string of the molecule is Cc1sc2nc(CS[C@H](C)C(=O)N3CCCN(C)c4nc5ccccc5nc43)[nH]c(=O)c2c1C. The number of aryl methyl sites for hydroxylation is 2. The van der Waals surface area contributed by atoms with E-state index in [0.29, 0.717) is 29.3 Å². The van der Waals surface area contributed by atoms with Crippen molar-refractivity contribution in [2.24, 2.45) is 0 Å². The van der Waals surface area contributed by atoms with Crippen LogP contribution in [0, 0.1) is 13.8 Å². The minimum Gasteiger partial charge on any atom is -0.357 e. The van der Waals surface area contributed by atoms with Gasteiger partial charge in [0.2, 0.25) is 5.91 Å². The van der Waals surface area contributed by atoms with Crippen LogP contribution >= 0.6 is 23.1 Å². The van der Waals surface area contributed by atoms with E-state index in [1.165, 1.54) is 23.1 Å². The number of nitrogens with zero attached hydrogens (tertiary/aromatic N) is 5. The number of fused-ring (bicyclic) bond motifs is 3. The van der Waals surface area contributed by atoms with Gasteiger partial charge in [-0.2, -0.15) is 0 Å². The third-order valence-electron chi connectivity index (χ3n) is 6.20. The Morgan fingerprint density at radius 3 is 2.59 bits per heavy atom. The summed E-state index contributed by atoms with van der Waals surface area (Å²) in [4.78, 5) is 49.0. The van der Waals surface area contributed by atoms with Crippen LogP contribution in [0.4, 0.5) is 11.6 Å². The molecule has 176 valence electrons. The van der Waals surface area contributed by atoms with Gasteiger partial charge in [0.15, 0.2) is 11.6 Å². The summed E-state index contributed by atoms with van der Waals surface area (Å²) in [6.45, 7) is 7.23. The summed E-state index contributed by atoms with van der Waals surface area (Å²) in [7, 11) is 1.99. The van der Waals surface area contributed by atoms with Crippen LogP contribution in [0.1, 0.15) is 29.6 Å². The fourth-order valence-electron chi connectivity index (χ4n) is 4.17. The zero-order chi connectivity index (χ0) is 24.0. The summed E-state index contributed by atoms with van der Waals surface area (Å²) in [5, 5.41) is 0.328. The number of hydrogen-bond donors (Lipinski definition) is 1. The highest BCUT2D eigenvalue weighted by atomic mass is 32.2. The number of thiophene rings is 1. The van der Waals surface area contributed by atoms with Crippen molar-refractivity contribution >= 4 is 61.9 Å². The molecule has 0 radical (unpaired) electrons. The lowest BCUT2D eigenvalue weighted by Crippen LogP contribution is -2.38. The summed E-state index contributed by atoms with van der Waals surface area (Å²) in [6.07, 6.45) is 0.830. The number of anilines is 2. The third-order valence-corrected chi connectivity index (χ3v) is 8.44. The second kappa shape index (κ2) is 8.99. The number of aromatic nitrogens is 4. The number of benzene rings is 1. The Bertz CT molecular complexity index is 1460. The smallest absolute Gasteiger partial charge is 0.259 e. The molecule has 0 saturated heterocycles. The number of carbonyl (C=O) groups is 1. The Morgan fingerprint density at radius 1 is 1.15 bits per heavy atom. The molecule has 0 fully saturated rings. The van der Waals surface area contributed by atoms with Gasteiger partial charge in [0.05, 0.1) is 27.4 Å². The number of amides is 1. The maximum Gasteiger partial charge on any atom is 0.259 e. The Hall–Kier alpha value is -2.98. The van der Waals surface area contributed by atoms with Crippen molar-refractivity contribution in [2.75, 3.05) is 29.9 Å². The number of hydrogen-bond acceptors (Lipinski definition) is 8. The number of thioether (sulfide) groups is 1. The van der Waals surface area contributed by atoms with Gasteiger partial charge in [0.25, 0.3) is 5.56 Å². The Balaban J connectivity index is 1.39. The molecule has 8 nitrogen and oxygen atoms in total. The highest BCUT2D eigenvalue weighted by molar-refractivity contribution is 7.99. The second-order valence-electron chi connectivity index (χ2n) is 8.55. The van der Waals surface area contributed by atoms with Gasteiger partial charge in [0, 0.05) is 25.0 Å². The summed E-state index contributed by atoms with van der Waals surface area (Å²) in [6, 6.07) is 7.72. The number of para-hydroxylation sites is 2. The molecule has 34 heavy (non-hydrogen) atoms. The van der Waals surface area contributed by atoms with Crippen molar-refractivity contribution in [3.05, 3.63) is 50.9 Å². The summed E-state index contributed by atoms with van der Waals surface area (Å²) >= 11 is 3.00. The highest BCUT2D eigenvalue weighted by Gasteiger charge is 2.30. The van der Waals surface area contributed by atoms with Crippen molar-refractivity contribution in [1.82, 2.24) is 19.9 Å². The van der Waals surface area contributed by atoms with Gasteiger partial charge in [-0.25, -0.2) is 15.0 Å². The molecule has 5 rings (SSSR count). The van der Waals surface area contributed by atoms with Crippen molar-refractivity contribution in [3.8, 4) is 0 Å². The zero-order valence-corrected chi connectivity index (χ0v) is 21.2. The van der Waals surface area contributed by atoms with E-state index < -0.39 is 0 Å². The molecule has 1 atom stereocenters. The summed E-state index contributed by atoms with van der Waals surface area (Å²) in [5.41, 5.74) is 2.45. The molecule has 1 N–H and O–H groups in total. The van der Waals surface area contributed by atoms with E-state index >= 15 is 0 Å². The molecule has 1 aliphatic heterocycles. The van der Waals surface area contributed by atoms with E-state index in [0.717, 1.165) is 45.1 Å². The lowest BCUT2D eigenvalue weighted by molar-refractivity contribution is -0.117. The first-order valence-corrected chi connectivity index (χ1v) is 13.1. The lowest BCUT2D eigenvalue weighted by atomic mass is 10.2. The maximum atomic E-state index is 13.5. The minimum atomic E-state index is -0.336. The van der Waals surface area contributed by atoms with Crippen LogP contribution in [0.15, 0.2) is 29.1 Å². The van der Waals surface area contributed by atoms with E-state index in [9.17, 15) is 9.59 Å². The van der Waals surface area contributed by atoms with Crippen molar-refractivity contribution < 1.29 is 4.79 Å². The predicted octanol–water partition coefficient (Wildman–Crippen LogP) is 4.04. The molecule has 4 aromatic rings. The van der Waals surface area contributed by atoms with Gasteiger partial charge in [-0.15, -0.1) is 23.1 Å². The van der Waals surface area contributed by atoms with Gasteiger partial charge in [-0.3, -0.25) is 14.5 Å². The second-order valence-corrected chi connectivity index (χ2v) is 11.1. The number of carbonyl (C=O) groups excluding carboxylic acids is 1. The molecule has 4 heterocycles. The molecule has 3 aromatic heterocycles. The zero-order valence-electron chi connectivity index (χ0n) is 19.6. The van der Waals surface area contributed by atoms with Crippen LogP contribution in [-0.2, 0) is 10.5 Å². The van der Waals surface area contributed by atoms with E-state index in [2.05, 4.69) is 14.9 Å². The van der Waals surface area contributed by atoms with Gasteiger partial charge in [-0.1, -0.05) is 12.1 Å². The van der Waals surface area contributed by atoms with E-state index in [1.807, 2.05) is 52.1 Å². The van der Waals surface area contributed by atoms with Gasteiger partial charge in [-0.05, 0) is 44.9 Å². The number of aromatic amines is 1. The molecular formula is C24H26N6O2S2. The van der Waals surface area contributed by atoms with E-state index in [1.54, 1.807) is 4.90 Å². The lowest BCUT2D eigenvalue weighted by Gasteiger charge is -2.25. The number of H-pyrrole nitrogens is 1. The first-order chi connectivity index (χ1) is 16.3. The fraction of sp³-hybridized carbons (Fsp3) is 0.375. The summed E-state index contributed by atoms with van der Waals surface area (Å²) < 4.78 is 0. The van der Waals surface area contributed by atoms with Crippen LogP contribution in [0.2, 0.25) is 0 Å². The predicted molar refractivity (Wildman–Crippen MR) is 140 cm³/mol. The largest absolute Gasteiger partial charge is 0.357 e. The Kier molecular flexibility index (Phi) is 6.03. The molecular weight excluding hydrogens is 468 g/mol. The Labute approximate surface area is 205 Å². The molecule has 0 bridgehead atoms. The third kappa shape index (κ3) is 4.05. The van der Waals surface area contributed by atoms with Crippen molar-refractivity contribution in [2.45, 2.75) is 38.2 Å². The van der Waals surface area contributed by atoms with Crippen molar-refractivity contribution in [1.29, 1.82) is 0 Å². The van der Waals surface area contributed by atoms with Gasteiger partial charge >= 0.3 is 0 Å². The van der Waals surface area contributed by atoms with E-state index in [4.69, 9.17) is 9.97 Å². The molecule has 10 heteroatoms. The van der Waals surface area contributed by atoms with Crippen molar-refractivity contribution in [3.63, 3.8) is 0 Å². The van der Waals surface area contributed by atoms with E-state index in [-0.39, 0.29) is 16.7 Å². The number of rotatable bonds is 4. The highest BCUT2D eigenvalue weighted by Crippen LogP contribution is 2.32. The van der Waals surface area contributed by atoms with Gasteiger partial charge < -0.3 is 9.88 Å². The monoisotopic (exact) mass is 494 g/mol. The standard InChI is InChI=1S/C24H26N6O2S2/c1-13-14(2)34-23-19(13)22(31)27-18(28-23)12-33-15(3)24(32)30-11-7-10-29(4)20-21(30)26-17-9-6-5-8-16(17)25-20/h5-6,8-9,15H,7,10-12H2,1-4H3,(H,27,28,31)/t15-/m1/s1. The van der Waals surface area contributed by atoms with Gasteiger partial charge in [0.1, 0.15) is 10.7 Å². The van der Waals surface area contributed by atoms with Crippen LogP contribution in [-0.4, -0.2) is 51.2 Å². The first-order valence-electron chi connectivity index (χ1n) is 11.2. The average Bonchev–Trinajstić information content (AvgIpc) is 3.02. The van der Waals surface area contributed by atoms with Crippen LogP contribution in [0.25, 0.3) is 21.3 Å². The van der Waals surface area contributed by atoms with Crippen LogP contribution < -0.4 is 15.4 Å². The quantitative estimate of drug-likeness (QED) is 0.457. The molecule has 0 saturated carbocycles. The fourth-order valence-corrected chi connectivity index (χ4v) is 6.04. The molecule has 0 spiro atoms. The normalized spacial score (nSPS) is 14.9. The molecule has 0 aliphatic carbocycles.